The minimum absolute atomic E-state index is 0.0645. The Kier molecular flexibility index (Phi) is 2.24. The summed E-state index contributed by atoms with van der Waals surface area (Å²) in [7, 11) is 1.69. The zero-order valence-electron chi connectivity index (χ0n) is 9.58. The molecular weight excluding hydrogens is 252 g/mol. The molecule has 0 bridgehead atoms. The summed E-state index contributed by atoms with van der Waals surface area (Å²) < 4.78 is 1.77. The maximum absolute atomic E-state index is 12.1. The Balaban J connectivity index is 2.28. The van der Waals surface area contributed by atoms with Crippen LogP contribution >= 0.6 is 11.3 Å². The molecule has 7 heteroatoms. The van der Waals surface area contributed by atoms with Crippen molar-refractivity contribution in [2.24, 2.45) is 5.73 Å². The number of carbonyl (C=O) groups is 2. The lowest BCUT2D eigenvalue weighted by Crippen LogP contribution is -2.26. The lowest BCUT2D eigenvalue weighted by Gasteiger charge is -2.13. The molecule has 0 saturated heterocycles. The fraction of sp³-hybridized carbons (Fsp3) is 0.182. The number of imidazole rings is 1. The summed E-state index contributed by atoms with van der Waals surface area (Å²) in [5.74, 6) is -0.644. The molecule has 2 amide bonds. The van der Waals surface area contributed by atoms with E-state index < -0.39 is 5.91 Å². The van der Waals surface area contributed by atoms with Gasteiger partial charge in [0.15, 0.2) is 5.69 Å². The number of rotatable bonds is 1. The monoisotopic (exact) mass is 262 g/mol. The average molecular weight is 262 g/mol. The van der Waals surface area contributed by atoms with E-state index in [1.54, 1.807) is 22.6 Å². The fourth-order valence-electron chi connectivity index (χ4n) is 2.06. The normalized spacial score (nSPS) is 14.1. The van der Waals surface area contributed by atoms with Gasteiger partial charge in [-0.05, 0) is 11.4 Å². The van der Waals surface area contributed by atoms with E-state index in [2.05, 4.69) is 4.98 Å². The molecule has 3 rings (SSSR count). The quantitative estimate of drug-likeness (QED) is 0.818. The van der Waals surface area contributed by atoms with Gasteiger partial charge < -0.3 is 10.6 Å². The lowest BCUT2D eigenvalue weighted by atomic mass is 10.3. The van der Waals surface area contributed by atoms with Gasteiger partial charge >= 0.3 is 0 Å². The van der Waals surface area contributed by atoms with Gasteiger partial charge in [-0.1, -0.05) is 0 Å². The lowest BCUT2D eigenvalue weighted by molar-refractivity contribution is 0.0786. The highest BCUT2D eigenvalue weighted by molar-refractivity contribution is 7.13. The molecule has 2 aromatic heterocycles. The molecule has 3 heterocycles. The van der Waals surface area contributed by atoms with Crippen molar-refractivity contribution in [1.29, 1.82) is 0 Å². The predicted molar refractivity (Wildman–Crippen MR) is 65.8 cm³/mol. The van der Waals surface area contributed by atoms with Gasteiger partial charge in [0.1, 0.15) is 11.3 Å². The number of thiophene rings is 1. The molecule has 2 N–H and O–H groups in total. The van der Waals surface area contributed by atoms with E-state index in [9.17, 15) is 9.59 Å². The van der Waals surface area contributed by atoms with Crippen LogP contribution in [-0.2, 0) is 6.54 Å². The number of amides is 2. The first-order valence-electron chi connectivity index (χ1n) is 5.29. The molecule has 0 unspecified atom stereocenters. The molecule has 0 spiro atoms. The number of aromatic nitrogens is 2. The zero-order valence-corrected chi connectivity index (χ0v) is 10.4. The van der Waals surface area contributed by atoms with Gasteiger partial charge in [-0.3, -0.25) is 14.2 Å². The number of hydrogen-bond donors (Lipinski definition) is 1. The first-order valence-corrected chi connectivity index (χ1v) is 6.17. The topological polar surface area (TPSA) is 81.2 Å². The van der Waals surface area contributed by atoms with Gasteiger partial charge in [0.25, 0.3) is 11.8 Å². The van der Waals surface area contributed by atoms with Crippen LogP contribution in [0.25, 0.3) is 5.00 Å². The number of nitrogens with zero attached hydrogens (tertiary/aromatic N) is 3. The third kappa shape index (κ3) is 1.37. The van der Waals surface area contributed by atoms with Crippen molar-refractivity contribution in [3.63, 3.8) is 0 Å². The smallest absolute Gasteiger partial charge is 0.269 e. The molecule has 92 valence electrons. The largest absolute Gasteiger partial charge is 0.364 e. The maximum Gasteiger partial charge on any atom is 0.269 e. The number of primary amides is 1. The zero-order chi connectivity index (χ0) is 12.9. The molecule has 18 heavy (non-hydrogen) atoms. The van der Waals surface area contributed by atoms with E-state index >= 15 is 0 Å². The van der Waals surface area contributed by atoms with Crippen molar-refractivity contribution in [3.8, 4) is 5.00 Å². The van der Waals surface area contributed by atoms with Crippen LogP contribution in [0, 0.1) is 0 Å². The Morgan fingerprint density at radius 3 is 3.06 bits per heavy atom. The highest BCUT2D eigenvalue weighted by Crippen LogP contribution is 2.29. The summed E-state index contributed by atoms with van der Waals surface area (Å²) in [4.78, 5) is 29.0. The highest BCUT2D eigenvalue weighted by Gasteiger charge is 2.28. The Labute approximate surface area is 107 Å². The van der Waals surface area contributed by atoms with Crippen LogP contribution < -0.4 is 5.73 Å². The van der Waals surface area contributed by atoms with Crippen LogP contribution in [0.1, 0.15) is 26.5 Å². The molecule has 0 fully saturated rings. The number of hydrogen-bond acceptors (Lipinski definition) is 4. The Morgan fingerprint density at radius 1 is 1.56 bits per heavy atom. The summed E-state index contributed by atoms with van der Waals surface area (Å²) in [6.45, 7) is 0.318. The van der Waals surface area contributed by atoms with E-state index in [1.165, 1.54) is 17.7 Å². The van der Waals surface area contributed by atoms with Gasteiger partial charge in [-0.25, -0.2) is 4.98 Å². The molecule has 1 aliphatic rings. The van der Waals surface area contributed by atoms with Crippen molar-refractivity contribution < 1.29 is 9.59 Å². The Morgan fingerprint density at radius 2 is 2.33 bits per heavy atom. The number of nitrogens with two attached hydrogens (primary N) is 1. The van der Waals surface area contributed by atoms with Gasteiger partial charge in [-0.2, -0.15) is 0 Å². The van der Waals surface area contributed by atoms with Gasteiger partial charge in [0, 0.05) is 7.05 Å². The second-order valence-corrected chi connectivity index (χ2v) is 4.97. The third-order valence-corrected chi connectivity index (χ3v) is 3.84. The van der Waals surface area contributed by atoms with E-state index in [-0.39, 0.29) is 11.6 Å². The summed E-state index contributed by atoms with van der Waals surface area (Å²) in [6, 6.07) is 1.78. The van der Waals surface area contributed by atoms with Crippen LogP contribution in [0.3, 0.4) is 0 Å². The molecular formula is C11H10N4O2S. The summed E-state index contributed by atoms with van der Waals surface area (Å²) in [5.41, 5.74) is 6.78. The van der Waals surface area contributed by atoms with Crippen LogP contribution in [0.5, 0.6) is 0 Å². The second kappa shape index (κ2) is 3.67. The molecule has 0 saturated carbocycles. The van der Waals surface area contributed by atoms with Crippen LogP contribution in [0.4, 0.5) is 0 Å². The van der Waals surface area contributed by atoms with Crippen molar-refractivity contribution in [2.45, 2.75) is 6.54 Å². The molecule has 6 nitrogen and oxygen atoms in total. The molecule has 0 aliphatic carbocycles. The minimum atomic E-state index is -0.579. The average Bonchev–Trinajstić information content (AvgIpc) is 2.91. The molecule has 2 aromatic rings. The van der Waals surface area contributed by atoms with Crippen LogP contribution in [0.15, 0.2) is 17.8 Å². The third-order valence-electron chi connectivity index (χ3n) is 2.93. The van der Waals surface area contributed by atoms with Crippen molar-refractivity contribution in [3.05, 3.63) is 34.7 Å². The minimum Gasteiger partial charge on any atom is -0.364 e. The second-order valence-electron chi connectivity index (χ2n) is 4.07. The van der Waals surface area contributed by atoms with Crippen LogP contribution in [-0.4, -0.2) is 33.3 Å². The van der Waals surface area contributed by atoms with Crippen molar-refractivity contribution in [2.75, 3.05) is 7.05 Å². The van der Waals surface area contributed by atoms with Crippen molar-refractivity contribution >= 4 is 23.2 Å². The molecule has 0 radical (unpaired) electrons. The van der Waals surface area contributed by atoms with Crippen LogP contribution in [0.2, 0.25) is 0 Å². The SMILES string of the molecule is CN1Cc2c(C(N)=O)ncn2-c2sccc2C1=O. The summed E-state index contributed by atoms with van der Waals surface area (Å²) in [6.07, 6.45) is 1.54. The van der Waals surface area contributed by atoms with Gasteiger partial charge in [0.2, 0.25) is 0 Å². The number of fused-ring (bicyclic) bond motifs is 3. The first kappa shape index (κ1) is 11.0. The maximum atomic E-state index is 12.1. The van der Waals surface area contributed by atoms with Crippen molar-refractivity contribution in [1.82, 2.24) is 14.5 Å². The Bertz CT molecular complexity index is 658. The summed E-state index contributed by atoms with van der Waals surface area (Å²) >= 11 is 1.44. The highest BCUT2D eigenvalue weighted by atomic mass is 32.1. The number of carbonyl (C=O) groups excluding carboxylic acids is 2. The molecule has 0 atom stereocenters. The fourth-order valence-corrected chi connectivity index (χ4v) is 2.94. The Hall–Kier alpha value is -2.15. The summed E-state index contributed by atoms with van der Waals surface area (Å²) in [5, 5.41) is 2.62. The molecule has 1 aliphatic heterocycles. The van der Waals surface area contributed by atoms with E-state index in [0.717, 1.165) is 5.00 Å². The van der Waals surface area contributed by atoms with E-state index in [1.807, 2.05) is 5.38 Å². The molecule has 0 aromatic carbocycles. The van der Waals surface area contributed by atoms with Gasteiger partial charge in [0.05, 0.1) is 17.8 Å². The van der Waals surface area contributed by atoms with E-state index in [0.29, 0.717) is 17.8 Å². The standard InChI is InChI=1S/C11H10N4O2S/c1-14-4-7-8(9(12)16)13-5-15(7)11-6(10(14)17)2-3-18-11/h2-3,5H,4H2,1H3,(H2,12,16). The van der Waals surface area contributed by atoms with E-state index in [4.69, 9.17) is 5.73 Å². The van der Waals surface area contributed by atoms with Gasteiger partial charge in [-0.15, -0.1) is 11.3 Å². The predicted octanol–water partition coefficient (Wildman–Crippen LogP) is 0.618. The first-order chi connectivity index (χ1) is 8.59.